The van der Waals surface area contributed by atoms with E-state index < -0.39 is 17.0 Å². The van der Waals surface area contributed by atoms with Crippen LogP contribution in [-0.2, 0) is 14.3 Å². The molecule has 10 atom stereocenters. The minimum absolute atomic E-state index is 0.0288. The molecule has 226 valence electrons. The molecule has 40 heavy (non-hydrogen) atoms. The molecular weight excluding hydrogens is 500 g/mol. The Balaban J connectivity index is 1.52. The van der Waals surface area contributed by atoms with Crippen molar-refractivity contribution in [2.75, 3.05) is 0 Å². The first-order valence-electron chi connectivity index (χ1n) is 16.2. The summed E-state index contributed by atoms with van der Waals surface area (Å²) in [6, 6.07) is 0. The fourth-order valence-electron chi connectivity index (χ4n) is 11.6. The van der Waals surface area contributed by atoms with Gasteiger partial charge in [-0.25, -0.2) is 0 Å². The quantitative estimate of drug-likeness (QED) is 0.273. The van der Waals surface area contributed by atoms with E-state index in [-0.39, 0.29) is 45.6 Å². The Morgan fingerprint density at radius 1 is 0.950 bits per heavy atom. The van der Waals surface area contributed by atoms with Crippen LogP contribution in [0.2, 0.25) is 0 Å². The highest BCUT2D eigenvalue weighted by Crippen LogP contribution is 2.76. The maximum absolute atomic E-state index is 12.9. The van der Waals surface area contributed by atoms with Crippen LogP contribution in [0.15, 0.2) is 11.6 Å². The lowest BCUT2D eigenvalue weighted by molar-refractivity contribution is -0.222. The Kier molecular flexibility index (Phi) is 7.01. The summed E-state index contributed by atoms with van der Waals surface area (Å²) in [5, 5.41) is 22.6. The first-order valence-corrected chi connectivity index (χ1v) is 16.2. The number of ether oxygens (including phenoxy) is 1. The van der Waals surface area contributed by atoms with Crippen molar-refractivity contribution in [2.45, 2.75) is 138 Å². The molecule has 0 saturated heterocycles. The Hall–Kier alpha value is -1.36. The van der Waals surface area contributed by atoms with E-state index >= 15 is 0 Å². The molecule has 10 unspecified atom stereocenters. The lowest BCUT2D eigenvalue weighted by atomic mass is 9.33. The number of fused-ring (bicyclic) bond motifs is 7. The van der Waals surface area contributed by atoms with Crippen LogP contribution < -0.4 is 0 Å². The highest BCUT2D eigenvalue weighted by atomic mass is 16.5. The van der Waals surface area contributed by atoms with Gasteiger partial charge in [-0.15, -0.1) is 0 Å². The maximum atomic E-state index is 12.9. The fourth-order valence-corrected chi connectivity index (χ4v) is 11.6. The standard InChI is InChI=1S/C35H56O5/c1-21(2)20-27(36)40-26-14-15-31(6)24(30(26,4)5)13-16-33(8)25(31)11-10-23-28-34(9,39)22(3)12-17-35(28,29(37)38)19-18-32(23,33)7/h10,21-22,24-26,28,39H,11-20H2,1-9H3,(H,37,38). The molecule has 0 spiro atoms. The van der Waals surface area contributed by atoms with Crippen molar-refractivity contribution in [3.8, 4) is 0 Å². The van der Waals surface area contributed by atoms with E-state index in [0.717, 1.165) is 44.9 Å². The Morgan fingerprint density at radius 2 is 1.62 bits per heavy atom. The predicted octanol–water partition coefficient (Wildman–Crippen LogP) is 7.80. The van der Waals surface area contributed by atoms with Crippen molar-refractivity contribution in [1.29, 1.82) is 0 Å². The second kappa shape index (κ2) is 9.32. The van der Waals surface area contributed by atoms with Crippen LogP contribution in [0.5, 0.6) is 0 Å². The number of carboxylic acids is 1. The van der Waals surface area contributed by atoms with Gasteiger partial charge >= 0.3 is 11.9 Å². The summed E-state index contributed by atoms with van der Waals surface area (Å²) in [5.41, 5.74) is -0.750. The molecule has 0 aromatic carbocycles. The van der Waals surface area contributed by atoms with Crippen LogP contribution >= 0.6 is 0 Å². The summed E-state index contributed by atoms with van der Waals surface area (Å²) in [6.45, 7) is 20.3. The summed E-state index contributed by atoms with van der Waals surface area (Å²) >= 11 is 0. The van der Waals surface area contributed by atoms with Crippen molar-refractivity contribution in [3.63, 3.8) is 0 Å². The van der Waals surface area contributed by atoms with Crippen molar-refractivity contribution in [1.82, 2.24) is 0 Å². The van der Waals surface area contributed by atoms with Crippen LogP contribution in [0.4, 0.5) is 0 Å². The monoisotopic (exact) mass is 556 g/mol. The predicted molar refractivity (Wildman–Crippen MR) is 157 cm³/mol. The molecule has 0 amide bonds. The Labute approximate surface area is 242 Å². The third kappa shape index (κ3) is 3.87. The molecule has 5 aliphatic carbocycles. The van der Waals surface area contributed by atoms with E-state index in [1.807, 2.05) is 6.92 Å². The Morgan fingerprint density at radius 3 is 2.25 bits per heavy atom. The molecule has 0 radical (unpaired) electrons. The van der Waals surface area contributed by atoms with Gasteiger partial charge < -0.3 is 14.9 Å². The van der Waals surface area contributed by atoms with Crippen LogP contribution in [0, 0.1) is 56.7 Å². The van der Waals surface area contributed by atoms with Gasteiger partial charge in [-0.2, -0.15) is 0 Å². The number of aliphatic carboxylic acids is 1. The number of hydrogen-bond donors (Lipinski definition) is 2. The summed E-state index contributed by atoms with van der Waals surface area (Å²) in [7, 11) is 0. The molecule has 2 N–H and O–H groups in total. The van der Waals surface area contributed by atoms with E-state index in [0.29, 0.717) is 37.0 Å². The third-order valence-corrected chi connectivity index (χ3v) is 14.3. The second-order valence-corrected chi connectivity index (χ2v) is 16.8. The van der Waals surface area contributed by atoms with Crippen molar-refractivity contribution in [2.24, 2.45) is 56.7 Å². The first kappa shape index (κ1) is 30.1. The van der Waals surface area contributed by atoms with E-state index in [2.05, 4.69) is 61.5 Å². The summed E-state index contributed by atoms with van der Waals surface area (Å²) in [6.07, 6.45) is 10.9. The molecule has 4 fully saturated rings. The van der Waals surface area contributed by atoms with Crippen molar-refractivity contribution in [3.05, 3.63) is 11.6 Å². The maximum Gasteiger partial charge on any atom is 0.310 e. The van der Waals surface area contributed by atoms with Gasteiger partial charge in [-0.05, 0) is 105 Å². The van der Waals surface area contributed by atoms with Crippen LogP contribution in [0.25, 0.3) is 0 Å². The summed E-state index contributed by atoms with van der Waals surface area (Å²) < 4.78 is 6.17. The van der Waals surface area contributed by atoms with Crippen LogP contribution in [-0.4, -0.2) is 33.9 Å². The molecule has 0 aliphatic heterocycles. The van der Waals surface area contributed by atoms with E-state index in [1.54, 1.807) is 0 Å². The van der Waals surface area contributed by atoms with Crippen molar-refractivity contribution >= 4 is 11.9 Å². The molecule has 5 aliphatic rings. The molecule has 5 heteroatoms. The molecular formula is C35H56O5. The van der Waals surface area contributed by atoms with Gasteiger partial charge in [-0.3, -0.25) is 9.59 Å². The van der Waals surface area contributed by atoms with Gasteiger partial charge in [0.05, 0.1) is 11.0 Å². The summed E-state index contributed by atoms with van der Waals surface area (Å²) in [4.78, 5) is 25.6. The number of carbonyl (C=O) groups is 2. The lowest BCUT2D eigenvalue weighted by Crippen LogP contribution is -2.67. The highest BCUT2D eigenvalue weighted by Gasteiger charge is 2.71. The minimum Gasteiger partial charge on any atom is -0.481 e. The average molecular weight is 557 g/mol. The van der Waals surface area contributed by atoms with Crippen LogP contribution in [0.3, 0.4) is 0 Å². The number of allylic oxidation sites excluding steroid dienone is 1. The SMILES string of the molecule is CC(C)CC(=O)OC1CCC2(C)C(CCC3(C)C2CC=C2C4C(C(=O)O)(CCC(C)C4(C)O)CCC23C)C1(C)C. The normalized spacial score (nSPS) is 49.6. The number of carbonyl (C=O) groups excluding carboxylic acids is 1. The number of aliphatic hydroxyl groups is 1. The van der Waals surface area contributed by atoms with Gasteiger partial charge in [0, 0.05) is 17.8 Å². The van der Waals surface area contributed by atoms with Gasteiger partial charge in [0.2, 0.25) is 0 Å². The van der Waals surface area contributed by atoms with Gasteiger partial charge in [0.15, 0.2) is 0 Å². The average Bonchev–Trinajstić information content (AvgIpc) is 2.83. The second-order valence-electron chi connectivity index (χ2n) is 16.8. The molecule has 0 bridgehead atoms. The number of carboxylic acid groups (broad SMARTS) is 1. The molecule has 4 saturated carbocycles. The fraction of sp³-hybridized carbons (Fsp3) is 0.886. The first-order chi connectivity index (χ1) is 18.4. The highest BCUT2D eigenvalue weighted by molar-refractivity contribution is 5.77. The zero-order valence-corrected chi connectivity index (χ0v) is 26.7. The van der Waals surface area contributed by atoms with Gasteiger partial charge in [0.1, 0.15) is 6.10 Å². The zero-order valence-electron chi connectivity index (χ0n) is 26.7. The zero-order chi connectivity index (χ0) is 29.7. The van der Waals surface area contributed by atoms with E-state index in [4.69, 9.17) is 4.74 Å². The molecule has 0 aromatic heterocycles. The van der Waals surface area contributed by atoms with Gasteiger partial charge in [0.25, 0.3) is 0 Å². The topological polar surface area (TPSA) is 83.8 Å². The number of rotatable bonds is 4. The van der Waals surface area contributed by atoms with Gasteiger partial charge in [-0.1, -0.05) is 67.0 Å². The molecule has 0 aromatic rings. The number of hydrogen-bond acceptors (Lipinski definition) is 4. The minimum atomic E-state index is -1.03. The smallest absolute Gasteiger partial charge is 0.310 e. The van der Waals surface area contributed by atoms with Crippen molar-refractivity contribution < 1.29 is 24.5 Å². The van der Waals surface area contributed by atoms with E-state index in [9.17, 15) is 19.8 Å². The lowest BCUT2D eigenvalue weighted by Gasteiger charge is -2.71. The third-order valence-electron chi connectivity index (χ3n) is 14.3. The molecule has 0 heterocycles. The molecule has 5 nitrogen and oxygen atoms in total. The molecule has 5 rings (SSSR count). The number of esters is 1. The Bertz CT molecular complexity index is 1090. The summed E-state index contributed by atoms with van der Waals surface area (Å²) in [5.74, 6) is 0.184. The van der Waals surface area contributed by atoms with Crippen LogP contribution in [0.1, 0.15) is 127 Å². The largest absolute Gasteiger partial charge is 0.481 e. The van der Waals surface area contributed by atoms with E-state index in [1.165, 1.54) is 5.57 Å².